The highest BCUT2D eigenvalue weighted by atomic mass is 16.1. The van der Waals surface area contributed by atoms with E-state index in [-0.39, 0.29) is 5.78 Å². The second-order valence-corrected chi connectivity index (χ2v) is 6.16. The van der Waals surface area contributed by atoms with Gasteiger partial charge in [0.1, 0.15) is 0 Å². The lowest BCUT2D eigenvalue weighted by molar-refractivity contribution is 0.0985. The van der Waals surface area contributed by atoms with Crippen molar-refractivity contribution in [1.29, 1.82) is 0 Å². The number of benzene rings is 1. The Morgan fingerprint density at radius 1 is 1.10 bits per heavy atom. The molecule has 0 heterocycles. The zero-order valence-electron chi connectivity index (χ0n) is 12.9. The number of hydrogen-bond acceptors (Lipinski definition) is 2. The van der Waals surface area contributed by atoms with Crippen molar-refractivity contribution in [3.8, 4) is 0 Å². The molecule has 0 aromatic heterocycles. The number of rotatable bonds is 4. The Hall–Kier alpha value is -1.15. The van der Waals surface area contributed by atoms with E-state index >= 15 is 0 Å². The molecule has 0 unspecified atom stereocenters. The van der Waals surface area contributed by atoms with Crippen LogP contribution in [0.15, 0.2) is 18.2 Å². The number of ketones is 1. The number of carbonyl (C=O) groups excluding carboxylic acids is 1. The maximum atomic E-state index is 12.3. The fourth-order valence-corrected chi connectivity index (χ4v) is 3.12. The van der Waals surface area contributed by atoms with Crippen molar-refractivity contribution < 1.29 is 4.79 Å². The van der Waals surface area contributed by atoms with Gasteiger partial charge in [-0.3, -0.25) is 4.79 Å². The zero-order chi connectivity index (χ0) is 14.4. The molecule has 1 aliphatic rings. The summed E-state index contributed by atoms with van der Waals surface area (Å²) in [5, 5.41) is 3.48. The van der Waals surface area contributed by atoms with E-state index in [0.717, 1.165) is 11.1 Å². The van der Waals surface area contributed by atoms with E-state index in [1.54, 1.807) is 0 Å². The molecule has 0 atom stereocenters. The van der Waals surface area contributed by atoms with Crippen molar-refractivity contribution in [3.05, 3.63) is 34.9 Å². The fourth-order valence-electron chi connectivity index (χ4n) is 3.12. The van der Waals surface area contributed by atoms with Gasteiger partial charge in [0.05, 0.1) is 6.54 Å². The molecule has 1 saturated carbocycles. The lowest BCUT2D eigenvalue weighted by Crippen LogP contribution is -2.34. The average Bonchev–Trinajstić information content (AvgIpc) is 2.37. The van der Waals surface area contributed by atoms with Crippen LogP contribution in [0.25, 0.3) is 0 Å². The number of Topliss-reactive ketones (excluding diaryl/α,β-unsaturated/α-hetero) is 1. The van der Waals surface area contributed by atoms with Gasteiger partial charge in [0.2, 0.25) is 0 Å². The van der Waals surface area contributed by atoms with E-state index in [0.29, 0.717) is 12.6 Å². The van der Waals surface area contributed by atoms with Crippen molar-refractivity contribution in [2.45, 2.75) is 64.8 Å². The van der Waals surface area contributed by atoms with Crippen molar-refractivity contribution in [2.75, 3.05) is 6.54 Å². The SMILES string of the molecule is Cc1ccc(C(=O)CNC2CCCCCCC2)c(C)c1. The van der Waals surface area contributed by atoms with Crippen LogP contribution in [0.3, 0.4) is 0 Å². The van der Waals surface area contributed by atoms with E-state index in [1.807, 2.05) is 19.1 Å². The molecule has 110 valence electrons. The van der Waals surface area contributed by atoms with E-state index in [1.165, 1.54) is 50.5 Å². The first-order valence-electron chi connectivity index (χ1n) is 8.00. The minimum Gasteiger partial charge on any atom is -0.307 e. The van der Waals surface area contributed by atoms with Crippen LogP contribution in [0.2, 0.25) is 0 Å². The van der Waals surface area contributed by atoms with Gasteiger partial charge in [-0.05, 0) is 32.3 Å². The minimum absolute atomic E-state index is 0.226. The molecule has 0 saturated heterocycles. The van der Waals surface area contributed by atoms with Gasteiger partial charge in [0.25, 0.3) is 0 Å². The van der Waals surface area contributed by atoms with Crippen LogP contribution in [-0.2, 0) is 0 Å². The third-order valence-electron chi connectivity index (χ3n) is 4.34. The first-order valence-corrected chi connectivity index (χ1v) is 8.00. The summed E-state index contributed by atoms with van der Waals surface area (Å²) in [5.74, 6) is 0.226. The van der Waals surface area contributed by atoms with Crippen LogP contribution in [0.5, 0.6) is 0 Å². The summed E-state index contributed by atoms with van der Waals surface area (Å²) in [7, 11) is 0. The number of nitrogens with one attached hydrogen (secondary N) is 1. The van der Waals surface area contributed by atoms with E-state index < -0.39 is 0 Å². The summed E-state index contributed by atoms with van der Waals surface area (Å²) < 4.78 is 0. The minimum atomic E-state index is 0.226. The summed E-state index contributed by atoms with van der Waals surface area (Å²) in [5.41, 5.74) is 3.18. The van der Waals surface area contributed by atoms with Crippen LogP contribution >= 0.6 is 0 Å². The second kappa shape index (κ2) is 7.58. The second-order valence-electron chi connectivity index (χ2n) is 6.16. The molecule has 2 rings (SSSR count). The molecule has 2 heteroatoms. The average molecular weight is 273 g/mol. The Balaban J connectivity index is 1.87. The normalized spacial score (nSPS) is 17.5. The molecule has 0 amide bonds. The summed E-state index contributed by atoms with van der Waals surface area (Å²) in [6, 6.07) is 6.61. The van der Waals surface area contributed by atoms with Crippen LogP contribution in [0.4, 0.5) is 0 Å². The van der Waals surface area contributed by atoms with E-state index in [2.05, 4.69) is 18.3 Å². The van der Waals surface area contributed by atoms with Gasteiger partial charge in [-0.25, -0.2) is 0 Å². The van der Waals surface area contributed by atoms with Gasteiger partial charge in [-0.15, -0.1) is 0 Å². The molecule has 0 spiro atoms. The van der Waals surface area contributed by atoms with Gasteiger partial charge in [-0.1, -0.05) is 55.9 Å². The van der Waals surface area contributed by atoms with Gasteiger partial charge >= 0.3 is 0 Å². The number of aryl methyl sites for hydroxylation is 2. The summed E-state index contributed by atoms with van der Waals surface area (Å²) >= 11 is 0. The molecule has 20 heavy (non-hydrogen) atoms. The Bertz CT molecular complexity index is 445. The molecule has 1 aromatic carbocycles. The van der Waals surface area contributed by atoms with Crippen molar-refractivity contribution in [1.82, 2.24) is 5.32 Å². The lowest BCUT2D eigenvalue weighted by atomic mass is 9.96. The maximum Gasteiger partial charge on any atom is 0.176 e. The molecule has 2 nitrogen and oxygen atoms in total. The van der Waals surface area contributed by atoms with Gasteiger partial charge in [-0.2, -0.15) is 0 Å². The molecule has 0 bridgehead atoms. The third-order valence-corrected chi connectivity index (χ3v) is 4.34. The predicted octanol–water partition coefficient (Wildman–Crippen LogP) is 4.19. The zero-order valence-corrected chi connectivity index (χ0v) is 12.9. The molecule has 1 aromatic rings. The third kappa shape index (κ3) is 4.45. The highest BCUT2D eigenvalue weighted by Crippen LogP contribution is 2.17. The largest absolute Gasteiger partial charge is 0.307 e. The molecular weight excluding hydrogens is 246 g/mol. The summed E-state index contributed by atoms with van der Waals surface area (Å²) in [6.45, 7) is 4.57. The predicted molar refractivity (Wildman–Crippen MR) is 84.4 cm³/mol. The van der Waals surface area contributed by atoms with Gasteiger partial charge in [0.15, 0.2) is 5.78 Å². The highest BCUT2D eigenvalue weighted by molar-refractivity contribution is 5.98. The van der Waals surface area contributed by atoms with Crippen LogP contribution < -0.4 is 5.32 Å². The Morgan fingerprint density at radius 2 is 1.75 bits per heavy atom. The monoisotopic (exact) mass is 273 g/mol. The fraction of sp³-hybridized carbons (Fsp3) is 0.611. The van der Waals surface area contributed by atoms with Crippen molar-refractivity contribution in [2.24, 2.45) is 0 Å². The summed E-state index contributed by atoms with van der Waals surface area (Å²) in [4.78, 5) is 12.3. The Labute approximate surface area is 123 Å². The molecule has 0 aliphatic heterocycles. The smallest absolute Gasteiger partial charge is 0.176 e. The lowest BCUT2D eigenvalue weighted by Gasteiger charge is -2.21. The first kappa shape index (κ1) is 15.2. The topological polar surface area (TPSA) is 29.1 Å². The molecule has 1 fully saturated rings. The van der Waals surface area contributed by atoms with Crippen molar-refractivity contribution >= 4 is 5.78 Å². The summed E-state index contributed by atoms with van der Waals surface area (Å²) in [6.07, 6.45) is 9.13. The highest BCUT2D eigenvalue weighted by Gasteiger charge is 2.14. The quantitative estimate of drug-likeness (QED) is 0.833. The van der Waals surface area contributed by atoms with Crippen LogP contribution in [0.1, 0.15) is 66.4 Å². The van der Waals surface area contributed by atoms with E-state index in [9.17, 15) is 4.79 Å². The van der Waals surface area contributed by atoms with E-state index in [4.69, 9.17) is 0 Å². The Kier molecular flexibility index (Phi) is 5.78. The van der Waals surface area contributed by atoms with Crippen LogP contribution in [-0.4, -0.2) is 18.4 Å². The van der Waals surface area contributed by atoms with Crippen molar-refractivity contribution in [3.63, 3.8) is 0 Å². The standard InChI is InChI=1S/C18H27NO/c1-14-10-11-17(15(2)12-14)18(20)13-19-16-8-6-4-3-5-7-9-16/h10-12,16,19H,3-9,13H2,1-2H3. The van der Waals surface area contributed by atoms with Gasteiger partial charge < -0.3 is 5.32 Å². The maximum absolute atomic E-state index is 12.3. The van der Waals surface area contributed by atoms with Crippen LogP contribution in [0, 0.1) is 13.8 Å². The molecule has 1 aliphatic carbocycles. The first-order chi connectivity index (χ1) is 9.66. The molecular formula is C18H27NO. The number of hydrogen-bond donors (Lipinski definition) is 1. The molecule has 0 radical (unpaired) electrons. The molecule has 1 N–H and O–H groups in total. The Morgan fingerprint density at radius 3 is 2.40 bits per heavy atom. The van der Waals surface area contributed by atoms with Gasteiger partial charge in [0, 0.05) is 11.6 Å². The number of carbonyl (C=O) groups is 1.